The summed E-state index contributed by atoms with van der Waals surface area (Å²) in [6.07, 6.45) is 2.67. The van der Waals surface area contributed by atoms with Crippen LogP contribution in [0.25, 0.3) is 0 Å². The average molecular weight is 289 g/mol. The highest BCUT2D eigenvalue weighted by Crippen LogP contribution is 2.34. The molecule has 2 heterocycles. The van der Waals surface area contributed by atoms with Crippen LogP contribution < -0.4 is 10.5 Å². The van der Waals surface area contributed by atoms with Crippen LogP contribution in [-0.2, 0) is 0 Å². The Morgan fingerprint density at radius 1 is 1.24 bits per heavy atom. The van der Waals surface area contributed by atoms with Gasteiger partial charge in [0.05, 0.1) is 13.2 Å². The summed E-state index contributed by atoms with van der Waals surface area (Å²) in [4.78, 5) is 5.20. The SMILES string of the molecule is COc1ccccc1C(C(C)N)N1CCN2CCCC2C1. The van der Waals surface area contributed by atoms with E-state index in [0.717, 1.165) is 24.9 Å². The average Bonchev–Trinajstić information content (AvgIpc) is 2.95. The molecule has 116 valence electrons. The molecule has 2 fully saturated rings. The summed E-state index contributed by atoms with van der Waals surface area (Å²) < 4.78 is 5.56. The van der Waals surface area contributed by atoms with E-state index in [2.05, 4.69) is 28.9 Å². The standard InChI is InChI=1S/C17H27N3O/c1-13(18)17(15-7-3-4-8-16(15)21-2)20-11-10-19-9-5-6-14(19)12-20/h3-4,7-8,13-14,17H,5-6,9-12,18H2,1-2H3. The van der Waals surface area contributed by atoms with E-state index >= 15 is 0 Å². The van der Waals surface area contributed by atoms with Crippen LogP contribution in [0.5, 0.6) is 5.75 Å². The molecule has 0 radical (unpaired) electrons. The molecule has 0 aromatic heterocycles. The first-order chi connectivity index (χ1) is 10.2. The molecule has 0 saturated carbocycles. The Balaban J connectivity index is 1.84. The number of hydrogen-bond acceptors (Lipinski definition) is 4. The molecule has 21 heavy (non-hydrogen) atoms. The van der Waals surface area contributed by atoms with Gasteiger partial charge in [-0.3, -0.25) is 9.80 Å². The summed E-state index contributed by atoms with van der Waals surface area (Å²) in [6.45, 7) is 6.78. The van der Waals surface area contributed by atoms with Crippen molar-refractivity contribution < 1.29 is 4.74 Å². The molecule has 0 bridgehead atoms. The number of rotatable bonds is 4. The minimum Gasteiger partial charge on any atom is -0.496 e. The van der Waals surface area contributed by atoms with E-state index in [-0.39, 0.29) is 12.1 Å². The van der Waals surface area contributed by atoms with Gasteiger partial charge in [0, 0.05) is 37.3 Å². The van der Waals surface area contributed by atoms with Gasteiger partial charge in [-0.2, -0.15) is 0 Å². The van der Waals surface area contributed by atoms with Gasteiger partial charge >= 0.3 is 0 Å². The van der Waals surface area contributed by atoms with Crippen LogP contribution in [0.15, 0.2) is 24.3 Å². The van der Waals surface area contributed by atoms with Gasteiger partial charge in [-0.05, 0) is 32.4 Å². The van der Waals surface area contributed by atoms with Crippen LogP contribution in [0.4, 0.5) is 0 Å². The Hall–Kier alpha value is -1.10. The summed E-state index contributed by atoms with van der Waals surface area (Å²) in [5.74, 6) is 0.952. The molecule has 3 rings (SSSR count). The number of ether oxygens (including phenoxy) is 1. The monoisotopic (exact) mass is 289 g/mol. The Morgan fingerprint density at radius 3 is 2.81 bits per heavy atom. The molecule has 3 atom stereocenters. The molecule has 3 unspecified atom stereocenters. The molecule has 1 aromatic carbocycles. The van der Waals surface area contributed by atoms with Crippen LogP contribution in [-0.4, -0.2) is 55.2 Å². The number of hydrogen-bond donors (Lipinski definition) is 1. The van der Waals surface area contributed by atoms with E-state index < -0.39 is 0 Å². The predicted molar refractivity (Wildman–Crippen MR) is 85.6 cm³/mol. The normalized spacial score (nSPS) is 26.3. The lowest BCUT2D eigenvalue weighted by Gasteiger charge is -2.43. The lowest BCUT2D eigenvalue weighted by molar-refractivity contribution is 0.0626. The summed E-state index contributed by atoms with van der Waals surface area (Å²) in [5, 5.41) is 0. The number of benzene rings is 1. The first-order valence-corrected chi connectivity index (χ1v) is 8.07. The van der Waals surface area contributed by atoms with Crippen molar-refractivity contribution in [3.8, 4) is 5.75 Å². The molecule has 2 aliphatic heterocycles. The van der Waals surface area contributed by atoms with Crippen LogP contribution in [0.3, 0.4) is 0 Å². The largest absolute Gasteiger partial charge is 0.496 e. The van der Waals surface area contributed by atoms with Crippen LogP contribution >= 0.6 is 0 Å². The van der Waals surface area contributed by atoms with Gasteiger partial charge in [0.2, 0.25) is 0 Å². The summed E-state index contributed by atoms with van der Waals surface area (Å²) in [6, 6.07) is 9.35. The number of piperazine rings is 1. The topological polar surface area (TPSA) is 41.7 Å². The fraction of sp³-hybridized carbons (Fsp3) is 0.647. The summed E-state index contributed by atoms with van der Waals surface area (Å²) in [7, 11) is 1.74. The van der Waals surface area contributed by atoms with Crippen molar-refractivity contribution in [2.75, 3.05) is 33.3 Å². The second kappa shape index (κ2) is 6.34. The first-order valence-electron chi connectivity index (χ1n) is 8.07. The van der Waals surface area contributed by atoms with Crippen molar-refractivity contribution in [1.82, 2.24) is 9.80 Å². The van der Waals surface area contributed by atoms with Crippen molar-refractivity contribution in [2.45, 2.75) is 37.9 Å². The maximum Gasteiger partial charge on any atom is 0.123 e. The molecular weight excluding hydrogens is 262 g/mol. The highest BCUT2D eigenvalue weighted by atomic mass is 16.5. The van der Waals surface area contributed by atoms with Gasteiger partial charge in [0.25, 0.3) is 0 Å². The second-order valence-corrected chi connectivity index (χ2v) is 6.37. The molecule has 0 spiro atoms. The highest BCUT2D eigenvalue weighted by molar-refractivity contribution is 5.36. The molecule has 1 aromatic rings. The zero-order valence-corrected chi connectivity index (χ0v) is 13.2. The quantitative estimate of drug-likeness (QED) is 0.919. The third-order valence-corrected chi connectivity index (χ3v) is 4.97. The van der Waals surface area contributed by atoms with Gasteiger partial charge in [-0.25, -0.2) is 0 Å². The first kappa shape index (κ1) is 14.8. The fourth-order valence-corrected chi connectivity index (χ4v) is 3.99. The molecule has 0 amide bonds. The van der Waals surface area contributed by atoms with Crippen LogP contribution in [0.2, 0.25) is 0 Å². The maximum absolute atomic E-state index is 6.35. The molecule has 0 aliphatic carbocycles. The summed E-state index contributed by atoms with van der Waals surface area (Å²) in [5.41, 5.74) is 7.57. The van der Waals surface area contributed by atoms with E-state index in [1.54, 1.807) is 7.11 Å². The van der Waals surface area contributed by atoms with Crippen molar-refractivity contribution in [3.05, 3.63) is 29.8 Å². The van der Waals surface area contributed by atoms with Gasteiger partial charge in [-0.1, -0.05) is 18.2 Å². The van der Waals surface area contributed by atoms with Crippen molar-refractivity contribution in [1.29, 1.82) is 0 Å². The number of nitrogens with two attached hydrogens (primary N) is 1. The fourth-order valence-electron chi connectivity index (χ4n) is 3.99. The number of fused-ring (bicyclic) bond motifs is 1. The Kier molecular flexibility index (Phi) is 4.48. The number of para-hydroxylation sites is 1. The molecule has 2 saturated heterocycles. The lowest BCUT2D eigenvalue weighted by Crippen LogP contribution is -2.53. The third kappa shape index (κ3) is 2.93. The van der Waals surface area contributed by atoms with Gasteiger partial charge in [0.15, 0.2) is 0 Å². The van der Waals surface area contributed by atoms with Crippen LogP contribution in [0.1, 0.15) is 31.4 Å². The van der Waals surface area contributed by atoms with Crippen molar-refractivity contribution in [3.63, 3.8) is 0 Å². The van der Waals surface area contributed by atoms with E-state index in [4.69, 9.17) is 10.5 Å². The van der Waals surface area contributed by atoms with Gasteiger partial charge < -0.3 is 10.5 Å². The lowest BCUT2D eigenvalue weighted by atomic mass is 9.96. The smallest absolute Gasteiger partial charge is 0.123 e. The zero-order chi connectivity index (χ0) is 14.8. The van der Waals surface area contributed by atoms with E-state index in [1.165, 1.54) is 31.5 Å². The predicted octanol–water partition coefficient (Wildman–Crippen LogP) is 1.86. The molecule has 2 N–H and O–H groups in total. The minimum atomic E-state index is 0.0919. The van der Waals surface area contributed by atoms with Crippen LogP contribution in [0, 0.1) is 0 Å². The summed E-state index contributed by atoms with van der Waals surface area (Å²) >= 11 is 0. The van der Waals surface area contributed by atoms with E-state index in [0.29, 0.717) is 0 Å². The Bertz CT molecular complexity index is 477. The number of nitrogens with zero attached hydrogens (tertiary/aromatic N) is 2. The third-order valence-electron chi connectivity index (χ3n) is 4.97. The van der Waals surface area contributed by atoms with E-state index in [9.17, 15) is 0 Å². The zero-order valence-electron chi connectivity index (χ0n) is 13.2. The maximum atomic E-state index is 6.35. The van der Waals surface area contributed by atoms with Crippen molar-refractivity contribution in [2.24, 2.45) is 5.73 Å². The molecule has 4 nitrogen and oxygen atoms in total. The van der Waals surface area contributed by atoms with Crippen molar-refractivity contribution >= 4 is 0 Å². The minimum absolute atomic E-state index is 0.0919. The molecule has 4 heteroatoms. The van der Waals surface area contributed by atoms with E-state index in [1.807, 2.05) is 12.1 Å². The highest BCUT2D eigenvalue weighted by Gasteiger charge is 2.35. The molecular formula is C17H27N3O. The number of methoxy groups -OCH3 is 1. The molecule has 2 aliphatic rings. The van der Waals surface area contributed by atoms with Gasteiger partial charge in [0.1, 0.15) is 5.75 Å². The second-order valence-electron chi connectivity index (χ2n) is 6.37. The van der Waals surface area contributed by atoms with Gasteiger partial charge in [-0.15, -0.1) is 0 Å². The Morgan fingerprint density at radius 2 is 2.05 bits per heavy atom. The Labute approximate surface area is 127 Å².